The van der Waals surface area contributed by atoms with E-state index in [4.69, 9.17) is 33.9 Å². The summed E-state index contributed by atoms with van der Waals surface area (Å²) in [6.07, 6.45) is 0. The van der Waals surface area contributed by atoms with Crippen LogP contribution in [0.5, 0.6) is 6.01 Å². The van der Waals surface area contributed by atoms with Gasteiger partial charge in [-0.25, -0.2) is 0 Å². The predicted molar refractivity (Wildman–Crippen MR) is 52.0 cm³/mol. The molecule has 0 aliphatic heterocycles. The van der Waals surface area contributed by atoms with Gasteiger partial charge < -0.3 is 14.5 Å². The largest absolute Gasteiger partial charge is 0.462 e. The number of aromatic nitrogens is 3. The molecular formula is C6H9N3O2S2. The molecular weight excluding hydrogens is 210 g/mol. The molecule has 0 unspecified atom stereocenters. The molecule has 0 aromatic carbocycles. The van der Waals surface area contributed by atoms with E-state index in [1.807, 2.05) is 0 Å². The Morgan fingerprint density at radius 1 is 1.31 bits per heavy atom. The summed E-state index contributed by atoms with van der Waals surface area (Å²) in [5, 5.41) is 0. The molecule has 0 amide bonds. The van der Waals surface area contributed by atoms with Crippen LogP contribution >= 0.6 is 24.4 Å². The van der Waals surface area contributed by atoms with E-state index in [2.05, 4.69) is 15.0 Å². The fourth-order valence-electron chi connectivity index (χ4n) is 0.664. The van der Waals surface area contributed by atoms with Gasteiger partial charge in [-0.3, -0.25) is 4.98 Å². The molecule has 0 spiro atoms. The van der Waals surface area contributed by atoms with Crippen molar-refractivity contribution in [3.63, 3.8) is 0 Å². The monoisotopic (exact) mass is 219 g/mol. The molecule has 0 saturated carbocycles. The molecule has 0 aliphatic carbocycles. The summed E-state index contributed by atoms with van der Waals surface area (Å²) in [6, 6.07) is 0.311. The minimum atomic E-state index is 0.302. The molecule has 1 aromatic heterocycles. The summed E-state index contributed by atoms with van der Waals surface area (Å²) in [4.78, 5) is 9.23. The van der Waals surface area contributed by atoms with Gasteiger partial charge in [0.25, 0.3) is 6.01 Å². The molecule has 2 N–H and O–H groups in total. The normalized spacial score (nSPS) is 9.92. The highest BCUT2D eigenvalue weighted by Gasteiger charge is 1.94. The molecule has 7 heteroatoms. The summed E-state index contributed by atoms with van der Waals surface area (Å²) in [7, 11) is 1.59. The summed E-state index contributed by atoms with van der Waals surface area (Å²) in [6.45, 7) is 0.904. The molecule has 0 atom stereocenters. The van der Waals surface area contributed by atoms with Gasteiger partial charge in [-0.15, -0.1) is 0 Å². The lowest BCUT2D eigenvalue weighted by Gasteiger charge is -2.02. The number of aromatic amines is 2. The maximum absolute atomic E-state index is 5.16. The highest BCUT2D eigenvalue weighted by molar-refractivity contribution is 7.71. The zero-order chi connectivity index (χ0) is 9.68. The van der Waals surface area contributed by atoms with E-state index in [9.17, 15) is 0 Å². The molecule has 1 rings (SSSR count). The molecule has 0 saturated heterocycles. The number of rotatable bonds is 4. The lowest BCUT2D eigenvalue weighted by atomic mass is 10.8. The van der Waals surface area contributed by atoms with Crippen molar-refractivity contribution in [3.8, 4) is 6.01 Å². The number of nitrogens with one attached hydrogen (secondary N) is 2. The maximum Gasteiger partial charge on any atom is 0.298 e. The Morgan fingerprint density at radius 3 is 2.69 bits per heavy atom. The summed E-state index contributed by atoms with van der Waals surface area (Å²) in [5.41, 5.74) is 0. The van der Waals surface area contributed by atoms with Crippen LogP contribution in [0.15, 0.2) is 0 Å². The van der Waals surface area contributed by atoms with E-state index in [-0.39, 0.29) is 0 Å². The Kier molecular flexibility index (Phi) is 4.00. The molecule has 0 aliphatic rings. The summed E-state index contributed by atoms with van der Waals surface area (Å²) >= 11 is 9.64. The maximum atomic E-state index is 5.16. The van der Waals surface area contributed by atoms with Crippen molar-refractivity contribution in [2.75, 3.05) is 20.3 Å². The van der Waals surface area contributed by atoms with E-state index in [0.29, 0.717) is 28.8 Å². The molecule has 72 valence electrons. The average Bonchev–Trinajstić information content (AvgIpc) is 2.03. The van der Waals surface area contributed by atoms with Crippen LogP contribution < -0.4 is 4.74 Å². The second kappa shape index (κ2) is 5.05. The van der Waals surface area contributed by atoms with E-state index in [1.165, 1.54) is 0 Å². The van der Waals surface area contributed by atoms with Gasteiger partial charge in [0.2, 0.25) is 4.77 Å². The van der Waals surface area contributed by atoms with Crippen LogP contribution in [-0.2, 0) is 4.74 Å². The number of hydrogen-bond donors (Lipinski definition) is 2. The smallest absolute Gasteiger partial charge is 0.298 e. The average molecular weight is 219 g/mol. The molecule has 1 heterocycles. The standard InChI is InChI=1S/C6H9N3O2S2/c1-10-2-3-11-4-7-5(12)9-6(13)8-4/h2-3H2,1H3,(H2,7,8,9,12,13). The van der Waals surface area contributed by atoms with Crippen LogP contribution in [-0.4, -0.2) is 35.3 Å². The van der Waals surface area contributed by atoms with Crippen molar-refractivity contribution >= 4 is 24.4 Å². The van der Waals surface area contributed by atoms with Crippen LogP contribution in [0.2, 0.25) is 0 Å². The molecule has 0 bridgehead atoms. The number of methoxy groups -OCH3 is 1. The molecule has 1 aromatic rings. The van der Waals surface area contributed by atoms with Gasteiger partial charge in [-0.2, -0.15) is 4.98 Å². The third-order valence-electron chi connectivity index (χ3n) is 1.17. The van der Waals surface area contributed by atoms with Crippen molar-refractivity contribution < 1.29 is 9.47 Å². The quantitative estimate of drug-likeness (QED) is 0.589. The fraction of sp³-hybridized carbons (Fsp3) is 0.500. The molecule has 0 fully saturated rings. The molecule has 13 heavy (non-hydrogen) atoms. The van der Waals surface area contributed by atoms with Gasteiger partial charge in [0.05, 0.1) is 6.61 Å². The van der Waals surface area contributed by atoms with Gasteiger partial charge in [0.1, 0.15) is 6.61 Å². The van der Waals surface area contributed by atoms with E-state index >= 15 is 0 Å². The zero-order valence-corrected chi connectivity index (χ0v) is 8.63. The topological polar surface area (TPSA) is 62.9 Å². The van der Waals surface area contributed by atoms with Gasteiger partial charge in [-0.1, -0.05) is 0 Å². The first-order chi connectivity index (χ1) is 6.22. The Bertz CT molecular complexity index is 344. The third-order valence-corrected chi connectivity index (χ3v) is 1.57. The first-order valence-corrected chi connectivity index (χ1v) is 4.36. The number of nitrogens with zero attached hydrogens (tertiary/aromatic N) is 1. The van der Waals surface area contributed by atoms with Crippen LogP contribution in [0.4, 0.5) is 0 Å². The van der Waals surface area contributed by atoms with Crippen molar-refractivity contribution in [1.82, 2.24) is 15.0 Å². The first kappa shape index (κ1) is 10.3. The minimum Gasteiger partial charge on any atom is -0.462 e. The number of ether oxygens (including phenoxy) is 2. The van der Waals surface area contributed by atoms with Gasteiger partial charge in [0.15, 0.2) is 4.77 Å². The van der Waals surface area contributed by atoms with Crippen molar-refractivity contribution in [2.24, 2.45) is 0 Å². The van der Waals surface area contributed by atoms with Crippen molar-refractivity contribution in [2.45, 2.75) is 0 Å². The van der Waals surface area contributed by atoms with Gasteiger partial charge in [0, 0.05) is 7.11 Å². The second-order valence-corrected chi connectivity index (χ2v) is 2.94. The predicted octanol–water partition coefficient (Wildman–Crippen LogP) is 1.22. The Balaban J connectivity index is 2.67. The first-order valence-electron chi connectivity index (χ1n) is 3.55. The van der Waals surface area contributed by atoms with Crippen molar-refractivity contribution in [3.05, 3.63) is 9.54 Å². The molecule has 5 nitrogen and oxygen atoms in total. The second-order valence-electron chi connectivity index (χ2n) is 2.14. The summed E-state index contributed by atoms with van der Waals surface area (Å²) in [5.74, 6) is 0. The minimum absolute atomic E-state index is 0.302. The van der Waals surface area contributed by atoms with E-state index in [1.54, 1.807) is 7.11 Å². The third kappa shape index (κ3) is 3.62. The molecule has 0 radical (unpaired) electrons. The van der Waals surface area contributed by atoms with Crippen molar-refractivity contribution in [1.29, 1.82) is 0 Å². The van der Waals surface area contributed by atoms with Crippen LogP contribution in [0.1, 0.15) is 0 Å². The number of hydrogen-bond acceptors (Lipinski definition) is 5. The van der Waals surface area contributed by atoms with Crippen LogP contribution in [0, 0.1) is 9.54 Å². The highest BCUT2D eigenvalue weighted by Crippen LogP contribution is 1.98. The highest BCUT2D eigenvalue weighted by atomic mass is 32.1. The Hall–Kier alpha value is -0.790. The van der Waals surface area contributed by atoms with Crippen LogP contribution in [0.25, 0.3) is 0 Å². The van der Waals surface area contributed by atoms with E-state index < -0.39 is 0 Å². The van der Waals surface area contributed by atoms with E-state index in [0.717, 1.165) is 0 Å². The van der Waals surface area contributed by atoms with Crippen LogP contribution in [0.3, 0.4) is 0 Å². The van der Waals surface area contributed by atoms with Gasteiger partial charge >= 0.3 is 0 Å². The summed E-state index contributed by atoms with van der Waals surface area (Å²) < 4.78 is 10.7. The lowest BCUT2D eigenvalue weighted by molar-refractivity contribution is 0.140. The Morgan fingerprint density at radius 2 is 2.08 bits per heavy atom. The SMILES string of the molecule is COCCOc1nc(=S)[nH]c(=S)[nH]1. The fourth-order valence-corrected chi connectivity index (χ4v) is 1.10. The zero-order valence-electron chi connectivity index (χ0n) is 6.99. The number of H-pyrrole nitrogens is 2. The Labute approximate surface area is 85.1 Å². The van der Waals surface area contributed by atoms with Gasteiger partial charge in [-0.05, 0) is 24.4 Å². The lowest BCUT2D eigenvalue weighted by Crippen LogP contribution is -2.07.